The number of hydrogen-bond acceptors (Lipinski definition) is 4. The van der Waals surface area contributed by atoms with Crippen LogP contribution in [0.15, 0.2) is 72.8 Å². The van der Waals surface area contributed by atoms with Crippen molar-refractivity contribution < 1.29 is 19.1 Å². The molecule has 31 heavy (non-hydrogen) atoms. The molecule has 2 aliphatic heterocycles. The number of imide groups is 1. The number of nitrogens with zero attached hydrogens (tertiary/aromatic N) is 2. The zero-order valence-electron chi connectivity index (χ0n) is 17.1. The highest BCUT2D eigenvalue weighted by Crippen LogP contribution is 2.46. The van der Waals surface area contributed by atoms with Gasteiger partial charge in [-0.15, -0.1) is 0 Å². The Morgan fingerprint density at radius 2 is 1.29 bits per heavy atom. The van der Waals surface area contributed by atoms with E-state index < -0.39 is 23.9 Å². The first kappa shape index (κ1) is 19.1. The molecule has 154 valence electrons. The van der Waals surface area contributed by atoms with Crippen LogP contribution < -0.4 is 9.64 Å². The number of rotatable bonds is 4. The van der Waals surface area contributed by atoms with Crippen LogP contribution in [-0.2, 0) is 4.79 Å². The molecule has 1 fully saturated rings. The fraction of sp³-hybridized carbons (Fsp3) is 0.160. The number of anilines is 1. The number of carbonyl (C=O) groups is 3. The van der Waals surface area contributed by atoms with Gasteiger partial charge in [-0.3, -0.25) is 19.3 Å². The number of fused-ring (bicyclic) bond motifs is 1. The summed E-state index contributed by atoms with van der Waals surface area (Å²) < 4.78 is 5.54. The number of ether oxygens (including phenoxy) is 1. The lowest BCUT2D eigenvalue weighted by Gasteiger charge is -2.50. The molecule has 6 heteroatoms. The van der Waals surface area contributed by atoms with Gasteiger partial charge in [0.05, 0.1) is 24.3 Å². The van der Waals surface area contributed by atoms with Gasteiger partial charge in [0.25, 0.3) is 17.7 Å². The van der Waals surface area contributed by atoms with Crippen molar-refractivity contribution in [2.24, 2.45) is 0 Å². The summed E-state index contributed by atoms with van der Waals surface area (Å²) in [4.78, 5) is 42.4. The number of β-lactam (4-membered cyclic amide) rings is 1. The Morgan fingerprint density at radius 3 is 1.90 bits per heavy atom. The lowest BCUT2D eigenvalue weighted by molar-refractivity contribution is -0.130. The molecule has 3 aromatic rings. The van der Waals surface area contributed by atoms with Gasteiger partial charge in [-0.25, -0.2) is 0 Å². The normalized spacial score (nSPS) is 20.0. The zero-order chi connectivity index (χ0) is 21.7. The zero-order valence-corrected chi connectivity index (χ0v) is 17.1. The highest BCUT2D eigenvalue weighted by molar-refractivity contribution is 6.24. The third-order valence-electron chi connectivity index (χ3n) is 5.94. The Morgan fingerprint density at radius 1 is 0.710 bits per heavy atom. The average molecular weight is 412 g/mol. The van der Waals surface area contributed by atoms with Gasteiger partial charge in [0.2, 0.25) is 0 Å². The van der Waals surface area contributed by atoms with Crippen molar-refractivity contribution in [3.63, 3.8) is 0 Å². The molecule has 0 N–H and O–H groups in total. The molecule has 0 saturated carbocycles. The van der Waals surface area contributed by atoms with E-state index in [1.165, 1.54) is 0 Å². The summed E-state index contributed by atoms with van der Waals surface area (Å²) >= 11 is 0. The topological polar surface area (TPSA) is 66.9 Å². The van der Waals surface area contributed by atoms with Crippen molar-refractivity contribution in [3.05, 3.63) is 95.1 Å². The summed E-state index contributed by atoms with van der Waals surface area (Å²) in [7, 11) is 1.56. The lowest BCUT2D eigenvalue weighted by Crippen LogP contribution is -2.67. The smallest absolute Gasteiger partial charge is 0.262 e. The van der Waals surface area contributed by atoms with Crippen LogP contribution in [0, 0.1) is 6.92 Å². The van der Waals surface area contributed by atoms with E-state index in [2.05, 4.69) is 0 Å². The first-order valence-corrected chi connectivity index (χ1v) is 10.0. The molecule has 0 spiro atoms. The fourth-order valence-electron chi connectivity index (χ4n) is 4.40. The van der Waals surface area contributed by atoms with Gasteiger partial charge in [-0.1, -0.05) is 48.0 Å². The van der Waals surface area contributed by atoms with E-state index in [0.29, 0.717) is 22.6 Å². The number of methoxy groups -OCH3 is 1. The van der Waals surface area contributed by atoms with Crippen LogP contribution in [0.3, 0.4) is 0 Å². The number of hydrogen-bond donors (Lipinski definition) is 0. The van der Waals surface area contributed by atoms with Gasteiger partial charge in [0.15, 0.2) is 0 Å². The number of para-hydroxylation sites is 1. The van der Waals surface area contributed by atoms with E-state index in [1.54, 1.807) is 36.3 Å². The van der Waals surface area contributed by atoms with Gasteiger partial charge in [0.1, 0.15) is 11.8 Å². The molecule has 0 radical (unpaired) electrons. The molecule has 2 heterocycles. The Bertz CT molecular complexity index is 1180. The van der Waals surface area contributed by atoms with E-state index in [4.69, 9.17) is 4.74 Å². The molecule has 2 unspecified atom stereocenters. The predicted octanol–water partition coefficient (Wildman–Crippen LogP) is 3.76. The number of aryl methyl sites for hydroxylation is 1. The highest BCUT2D eigenvalue weighted by Gasteiger charge is 2.57. The molecule has 0 bridgehead atoms. The van der Waals surface area contributed by atoms with Crippen LogP contribution in [0.25, 0.3) is 0 Å². The number of carbonyl (C=O) groups excluding carboxylic acids is 3. The summed E-state index contributed by atoms with van der Waals surface area (Å²) in [5.41, 5.74) is 3.18. The average Bonchev–Trinajstić information content (AvgIpc) is 3.04. The second-order valence-electron chi connectivity index (χ2n) is 7.70. The van der Waals surface area contributed by atoms with Crippen LogP contribution in [0.2, 0.25) is 0 Å². The van der Waals surface area contributed by atoms with Crippen LogP contribution in [0.1, 0.15) is 37.9 Å². The molecule has 3 aromatic carbocycles. The van der Waals surface area contributed by atoms with Gasteiger partial charge < -0.3 is 9.64 Å². The quantitative estimate of drug-likeness (QED) is 0.484. The largest absolute Gasteiger partial charge is 0.496 e. The Balaban J connectivity index is 1.62. The van der Waals surface area contributed by atoms with E-state index >= 15 is 0 Å². The highest BCUT2D eigenvalue weighted by atomic mass is 16.5. The summed E-state index contributed by atoms with van der Waals surface area (Å²) in [5, 5.41) is 0. The van der Waals surface area contributed by atoms with Crippen molar-refractivity contribution in [1.82, 2.24) is 4.90 Å². The van der Waals surface area contributed by atoms with Crippen LogP contribution in [0.4, 0.5) is 5.69 Å². The van der Waals surface area contributed by atoms with Gasteiger partial charge in [-0.05, 0) is 37.3 Å². The number of amides is 3. The maximum absolute atomic E-state index is 13.4. The molecule has 6 nitrogen and oxygen atoms in total. The summed E-state index contributed by atoms with van der Waals surface area (Å²) in [5.74, 6) is -0.585. The summed E-state index contributed by atoms with van der Waals surface area (Å²) in [6, 6.07) is 20.1. The van der Waals surface area contributed by atoms with E-state index in [1.807, 2.05) is 55.5 Å². The first-order chi connectivity index (χ1) is 15.0. The van der Waals surface area contributed by atoms with E-state index in [0.717, 1.165) is 16.0 Å². The fourth-order valence-corrected chi connectivity index (χ4v) is 4.40. The van der Waals surface area contributed by atoms with Crippen LogP contribution in [-0.4, -0.2) is 35.8 Å². The molecular formula is C25H20N2O4. The second-order valence-corrected chi connectivity index (χ2v) is 7.70. The third kappa shape index (κ3) is 2.75. The van der Waals surface area contributed by atoms with Gasteiger partial charge >= 0.3 is 0 Å². The molecular weight excluding hydrogens is 392 g/mol. The minimum atomic E-state index is -0.940. The van der Waals surface area contributed by atoms with Crippen molar-refractivity contribution in [1.29, 1.82) is 0 Å². The van der Waals surface area contributed by atoms with Gasteiger partial charge in [0, 0.05) is 11.3 Å². The van der Waals surface area contributed by atoms with Crippen molar-refractivity contribution in [3.8, 4) is 5.75 Å². The van der Waals surface area contributed by atoms with Crippen LogP contribution >= 0.6 is 0 Å². The lowest BCUT2D eigenvalue weighted by atomic mass is 9.85. The number of benzene rings is 3. The minimum absolute atomic E-state index is 0.297. The molecule has 2 atom stereocenters. The third-order valence-corrected chi connectivity index (χ3v) is 5.94. The second kappa shape index (κ2) is 7.09. The molecule has 5 rings (SSSR count). The molecule has 3 amide bonds. The maximum atomic E-state index is 13.4. The van der Waals surface area contributed by atoms with E-state index in [-0.39, 0.29) is 5.91 Å². The maximum Gasteiger partial charge on any atom is 0.262 e. The van der Waals surface area contributed by atoms with Crippen molar-refractivity contribution >= 4 is 23.4 Å². The minimum Gasteiger partial charge on any atom is -0.496 e. The van der Waals surface area contributed by atoms with Crippen LogP contribution in [0.5, 0.6) is 5.75 Å². The Kier molecular flexibility index (Phi) is 4.36. The summed E-state index contributed by atoms with van der Waals surface area (Å²) in [6.45, 7) is 1.97. The monoisotopic (exact) mass is 412 g/mol. The molecule has 0 aliphatic carbocycles. The van der Waals surface area contributed by atoms with Crippen molar-refractivity contribution in [2.75, 3.05) is 12.0 Å². The first-order valence-electron chi connectivity index (χ1n) is 10.0. The van der Waals surface area contributed by atoms with Crippen molar-refractivity contribution in [2.45, 2.75) is 19.0 Å². The van der Waals surface area contributed by atoms with Gasteiger partial charge in [-0.2, -0.15) is 0 Å². The SMILES string of the molecule is COc1ccccc1C1C(N2C(=O)c3ccccc3C2=O)C(=O)N1c1ccc(C)cc1. The summed E-state index contributed by atoms with van der Waals surface area (Å²) in [6.07, 6.45) is 0. The van der Waals surface area contributed by atoms with E-state index in [9.17, 15) is 14.4 Å². The molecule has 2 aliphatic rings. The Hall–Kier alpha value is -3.93. The standard InChI is InChI=1S/C25H20N2O4/c1-15-11-13-16(14-12-15)26-21(19-9-5-6-10-20(19)31-2)22(25(26)30)27-23(28)17-7-3-4-8-18(17)24(27)29/h3-14,21-22H,1-2H3. The predicted molar refractivity (Wildman–Crippen MR) is 115 cm³/mol. The molecule has 1 saturated heterocycles. The Labute approximate surface area is 179 Å². The molecule has 0 aromatic heterocycles.